The zero-order valence-electron chi connectivity index (χ0n) is 14.3. The number of carbonyl (C=O) groups excluding carboxylic acids is 3. The molecule has 7 heteroatoms. The van der Waals surface area contributed by atoms with Crippen LogP contribution in [0, 0.1) is 20.8 Å². The molecule has 1 N–H and O–H groups in total. The van der Waals surface area contributed by atoms with Crippen molar-refractivity contribution in [1.82, 2.24) is 9.78 Å². The first-order valence-corrected chi connectivity index (χ1v) is 7.31. The van der Waals surface area contributed by atoms with Crippen molar-refractivity contribution in [3.8, 4) is 0 Å². The number of methoxy groups -OCH3 is 1. The zero-order valence-corrected chi connectivity index (χ0v) is 14.3. The number of hydrogen-bond donors (Lipinski definition) is 1. The summed E-state index contributed by atoms with van der Waals surface area (Å²) in [4.78, 5) is 36.5. The molecule has 1 amide bonds. The van der Waals surface area contributed by atoms with Crippen LogP contribution in [-0.2, 0) is 16.6 Å². The molecule has 2 aromatic rings. The summed E-state index contributed by atoms with van der Waals surface area (Å²) >= 11 is 0. The van der Waals surface area contributed by atoms with E-state index in [0.29, 0.717) is 28.2 Å². The molecule has 0 atom stereocenters. The van der Waals surface area contributed by atoms with E-state index in [9.17, 15) is 14.4 Å². The fraction of sp³-hybridized carbons (Fsp3) is 0.294. The Morgan fingerprint density at radius 3 is 2.38 bits per heavy atom. The Bertz CT molecular complexity index is 837. The normalized spacial score (nSPS) is 10.4. The van der Waals surface area contributed by atoms with Gasteiger partial charge in [0, 0.05) is 18.4 Å². The molecule has 126 valence electrons. The van der Waals surface area contributed by atoms with E-state index in [1.54, 1.807) is 50.7 Å². The highest BCUT2D eigenvalue weighted by molar-refractivity contribution is 6.47. The number of Topliss-reactive ketones (excluding diaryl/α,β-unsaturated/α-hetero) is 1. The van der Waals surface area contributed by atoms with Crippen molar-refractivity contribution in [2.45, 2.75) is 20.8 Å². The number of hydrogen-bond acceptors (Lipinski definition) is 5. The number of esters is 1. The van der Waals surface area contributed by atoms with Gasteiger partial charge in [-0.3, -0.25) is 14.3 Å². The Morgan fingerprint density at radius 1 is 1.17 bits per heavy atom. The fourth-order valence-corrected chi connectivity index (χ4v) is 2.50. The summed E-state index contributed by atoms with van der Waals surface area (Å²) < 4.78 is 6.25. The molecule has 0 saturated heterocycles. The second kappa shape index (κ2) is 6.66. The summed E-state index contributed by atoms with van der Waals surface area (Å²) in [5, 5.41) is 6.70. The molecule has 2 rings (SSSR count). The maximum Gasteiger partial charge on any atom is 0.338 e. The highest BCUT2D eigenvalue weighted by Gasteiger charge is 2.24. The Balaban J connectivity index is 2.30. The van der Waals surface area contributed by atoms with Crippen LogP contribution in [0.1, 0.15) is 37.7 Å². The molecule has 0 unspecified atom stereocenters. The number of nitrogens with one attached hydrogen (secondary N) is 1. The highest BCUT2D eigenvalue weighted by atomic mass is 16.5. The van der Waals surface area contributed by atoms with Gasteiger partial charge >= 0.3 is 5.97 Å². The van der Waals surface area contributed by atoms with Crippen molar-refractivity contribution < 1.29 is 19.1 Å². The molecule has 0 aliphatic rings. The molecule has 0 aliphatic carbocycles. The number of nitrogens with zero attached hydrogens (tertiary/aromatic N) is 2. The van der Waals surface area contributed by atoms with Gasteiger partial charge in [0.25, 0.3) is 11.7 Å². The molecular formula is C17H19N3O4. The topological polar surface area (TPSA) is 90.3 Å². The van der Waals surface area contributed by atoms with Gasteiger partial charge < -0.3 is 10.1 Å². The van der Waals surface area contributed by atoms with E-state index in [4.69, 9.17) is 4.74 Å². The highest BCUT2D eigenvalue weighted by Crippen LogP contribution is 2.21. The third-order valence-corrected chi connectivity index (χ3v) is 3.93. The maximum atomic E-state index is 12.4. The van der Waals surface area contributed by atoms with Crippen LogP contribution in [0.4, 0.5) is 5.69 Å². The van der Waals surface area contributed by atoms with Gasteiger partial charge in [0.15, 0.2) is 0 Å². The van der Waals surface area contributed by atoms with Crippen LogP contribution in [0.15, 0.2) is 18.2 Å². The molecule has 0 saturated carbocycles. The van der Waals surface area contributed by atoms with Crippen LogP contribution < -0.4 is 5.32 Å². The number of anilines is 1. The van der Waals surface area contributed by atoms with Crippen molar-refractivity contribution in [2.24, 2.45) is 7.05 Å². The largest absolute Gasteiger partial charge is 0.465 e. The van der Waals surface area contributed by atoms with Gasteiger partial charge in [0.1, 0.15) is 0 Å². The van der Waals surface area contributed by atoms with E-state index in [1.807, 2.05) is 0 Å². The minimum atomic E-state index is -0.778. The van der Waals surface area contributed by atoms with Crippen LogP contribution in [-0.4, -0.2) is 34.6 Å². The number of rotatable bonds is 4. The number of aromatic nitrogens is 2. The van der Waals surface area contributed by atoms with Crippen molar-refractivity contribution in [3.63, 3.8) is 0 Å². The molecule has 0 radical (unpaired) electrons. The Morgan fingerprint density at radius 2 is 1.83 bits per heavy atom. The third kappa shape index (κ3) is 3.05. The Labute approximate surface area is 139 Å². The summed E-state index contributed by atoms with van der Waals surface area (Å²) in [6.45, 7) is 5.08. The maximum absolute atomic E-state index is 12.4. The average Bonchev–Trinajstić information content (AvgIpc) is 2.80. The second-order valence-electron chi connectivity index (χ2n) is 5.42. The van der Waals surface area contributed by atoms with Gasteiger partial charge in [-0.15, -0.1) is 0 Å². The molecule has 7 nitrogen and oxygen atoms in total. The van der Waals surface area contributed by atoms with E-state index < -0.39 is 17.7 Å². The van der Waals surface area contributed by atoms with E-state index in [-0.39, 0.29) is 5.56 Å². The van der Waals surface area contributed by atoms with E-state index in [0.717, 1.165) is 0 Å². The lowest BCUT2D eigenvalue weighted by Crippen LogP contribution is -2.24. The SMILES string of the molecule is COC(=O)c1cccc(NC(=O)C(=O)c2c(C)nn(C)c2C)c1C. The summed E-state index contributed by atoms with van der Waals surface area (Å²) in [5.41, 5.74) is 2.65. The van der Waals surface area contributed by atoms with Gasteiger partial charge in [-0.05, 0) is 38.5 Å². The van der Waals surface area contributed by atoms with Crippen molar-refractivity contribution in [1.29, 1.82) is 0 Å². The van der Waals surface area contributed by atoms with Crippen LogP contribution in [0.5, 0.6) is 0 Å². The lowest BCUT2D eigenvalue weighted by atomic mass is 10.1. The van der Waals surface area contributed by atoms with Gasteiger partial charge in [-0.2, -0.15) is 5.10 Å². The molecule has 1 aromatic carbocycles. The molecule has 0 spiro atoms. The Hall–Kier alpha value is -2.96. The first-order valence-electron chi connectivity index (χ1n) is 7.31. The number of amides is 1. The van der Waals surface area contributed by atoms with Gasteiger partial charge in [-0.1, -0.05) is 6.07 Å². The molecule has 0 bridgehead atoms. The average molecular weight is 329 g/mol. The molecule has 24 heavy (non-hydrogen) atoms. The third-order valence-electron chi connectivity index (χ3n) is 3.93. The second-order valence-corrected chi connectivity index (χ2v) is 5.42. The van der Waals surface area contributed by atoms with E-state index >= 15 is 0 Å². The number of benzene rings is 1. The van der Waals surface area contributed by atoms with Gasteiger partial charge in [-0.25, -0.2) is 4.79 Å². The predicted molar refractivity (Wildman–Crippen MR) is 88.2 cm³/mol. The van der Waals surface area contributed by atoms with Crippen LogP contribution in [0.25, 0.3) is 0 Å². The molecule has 0 aliphatic heterocycles. The van der Waals surface area contributed by atoms with Crippen LogP contribution >= 0.6 is 0 Å². The number of carbonyl (C=O) groups is 3. The molecular weight excluding hydrogens is 310 g/mol. The molecule has 1 aromatic heterocycles. The van der Waals surface area contributed by atoms with E-state index in [2.05, 4.69) is 10.4 Å². The van der Waals surface area contributed by atoms with Crippen LogP contribution in [0.2, 0.25) is 0 Å². The van der Waals surface area contributed by atoms with Gasteiger partial charge in [0.2, 0.25) is 0 Å². The van der Waals surface area contributed by atoms with Gasteiger partial charge in [0.05, 0.1) is 23.9 Å². The number of aryl methyl sites for hydroxylation is 2. The summed E-state index contributed by atoms with van der Waals surface area (Å²) in [5.74, 6) is -1.95. The van der Waals surface area contributed by atoms with Crippen molar-refractivity contribution >= 4 is 23.3 Å². The smallest absolute Gasteiger partial charge is 0.338 e. The molecule has 1 heterocycles. The van der Waals surface area contributed by atoms with Crippen molar-refractivity contribution in [3.05, 3.63) is 46.3 Å². The standard InChI is InChI=1S/C17H19N3O4/c1-9-12(17(23)24-5)7-6-8-13(9)18-16(22)15(21)14-10(2)19-20(4)11(14)3/h6-8H,1-5H3,(H,18,22). The summed E-state index contributed by atoms with van der Waals surface area (Å²) in [7, 11) is 2.99. The van der Waals surface area contributed by atoms with Crippen molar-refractivity contribution in [2.75, 3.05) is 12.4 Å². The minimum Gasteiger partial charge on any atom is -0.465 e. The number of ether oxygens (including phenoxy) is 1. The van der Waals surface area contributed by atoms with Crippen LogP contribution in [0.3, 0.4) is 0 Å². The number of ketones is 1. The summed E-state index contributed by atoms with van der Waals surface area (Å²) in [6.07, 6.45) is 0. The fourth-order valence-electron chi connectivity index (χ4n) is 2.50. The quantitative estimate of drug-likeness (QED) is 0.526. The zero-order chi connectivity index (χ0) is 18.0. The lowest BCUT2D eigenvalue weighted by Gasteiger charge is -2.11. The Kier molecular flexibility index (Phi) is 4.82. The van der Waals surface area contributed by atoms with E-state index in [1.165, 1.54) is 7.11 Å². The monoisotopic (exact) mass is 329 g/mol. The predicted octanol–water partition coefficient (Wildman–Crippen LogP) is 1.95. The lowest BCUT2D eigenvalue weighted by molar-refractivity contribution is -0.112. The minimum absolute atomic E-state index is 0.289. The first-order chi connectivity index (χ1) is 11.3. The molecule has 0 fully saturated rings. The summed E-state index contributed by atoms with van der Waals surface area (Å²) in [6, 6.07) is 4.82. The first kappa shape index (κ1) is 17.4.